The second kappa shape index (κ2) is 4.44. The van der Waals surface area contributed by atoms with Gasteiger partial charge in [-0.1, -0.05) is 0 Å². The molecule has 0 aromatic heterocycles. The van der Waals surface area contributed by atoms with Crippen LogP contribution in [-0.4, -0.2) is 17.3 Å². The van der Waals surface area contributed by atoms with E-state index >= 15 is 0 Å². The number of nitrogens with two attached hydrogens (primary N) is 1. The van der Waals surface area contributed by atoms with Gasteiger partial charge in [-0.3, -0.25) is 0 Å². The Labute approximate surface area is 97.4 Å². The molecule has 0 fully saturated rings. The van der Waals surface area contributed by atoms with Crippen molar-refractivity contribution in [3.63, 3.8) is 0 Å². The molecule has 3 nitrogen and oxygen atoms in total. The van der Waals surface area contributed by atoms with Crippen LogP contribution >= 0.6 is 0 Å². The summed E-state index contributed by atoms with van der Waals surface area (Å²) in [4.78, 5) is 0. The van der Waals surface area contributed by atoms with Gasteiger partial charge in [0.2, 0.25) is 0 Å². The van der Waals surface area contributed by atoms with E-state index in [1.165, 1.54) is 6.07 Å². The number of benzene rings is 1. The van der Waals surface area contributed by atoms with E-state index in [1.807, 2.05) is 0 Å². The molecule has 0 amide bonds. The first-order valence-electron chi connectivity index (χ1n) is 5.02. The van der Waals surface area contributed by atoms with Crippen LogP contribution in [0.3, 0.4) is 0 Å². The summed E-state index contributed by atoms with van der Waals surface area (Å²) in [5, 5.41) is 12.3. The molecular weight excluding hydrogens is 233 g/mol. The summed E-state index contributed by atoms with van der Waals surface area (Å²) in [6.45, 7) is 3.36. The lowest BCUT2D eigenvalue weighted by Crippen LogP contribution is -2.29. The number of hydrogen-bond donors (Lipinski definition) is 3. The number of nitrogen functional groups attached to an aromatic ring is 1. The molecule has 0 bridgehead atoms. The highest BCUT2D eigenvalue weighted by molar-refractivity contribution is 5.67. The van der Waals surface area contributed by atoms with Gasteiger partial charge >= 0.3 is 6.18 Å². The van der Waals surface area contributed by atoms with Crippen LogP contribution in [0, 0.1) is 0 Å². The Morgan fingerprint density at radius 3 is 2.29 bits per heavy atom. The number of nitrogens with one attached hydrogen (secondary N) is 1. The molecule has 0 aliphatic heterocycles. The highest BCUT2D eigenvalue weighted by Crippen LogP contribution is 2.32. The molecule has 17 heavy (non-hydrogen) atoms. The highest BCUT2D eigenvalue weighted by Gasteiger charge is 2.30. The van der Waals surface area contributed by atoms with Crippen molar-refractivity contribution in [2.75, 3.05) is 17.6 Å². The zero-order valence-corrected chi connectivity index (χ0v) is 9.60. The highest BCUT2D eigenvalue weighted by atomic mass is 19.4. The SMILES string of the molecule is CC(C)(O)CNc1ccc(C(F)(F)F)cc1N. The fourth-order valence-corrected chi connectivity index (χ4v) is 1.21. The number of aliphatic hydroxyl groups is 1. The summed E-state index contributed by atoms with van der Waals surface area (Å²) in [5.41, 5.74) is 4.13. The lowest BCUT2D eigenvalue weighted by Gasteiger charge is -2.20. The van der Waals surface area contributed by atoms with Crippen molar-refractivity contribution < 1.29 is 18.3 Å². The van der Waals surface area contributed by atoms with Crippen LogP contribution in [0.1, 0.15) is 19.4 Å². The molecule has 0 unspecified atom stereocenters. The first kappa shape index (κ1) is 13.6. The van der Waals surface area contributed by atoms with Gasteiger partial charge in [0.1, 0.15) is 0 Å². The quantitative estimate of drug-likeness (QED) is 0.720. The number of halogens is 3. The second-order valence-electron chi connectivity index (χ2n) is 4.47. The van der Waals surface area contributed by atoms with Gasteiger partial charge in [-0.2, -0.15) is 13.2 Å². The standard InChI is InChI=1S/C11H15F3N2O/c1-10(2,17)6-16-9-4-3-7(5-8(9)15)11(12,13)14/h3-5,16-17H,6,15H2,1-2H3. The number of anilines is 2. The van der Waals surface area contributed by atoms with Crippen LogP contribution in [-0.2, 0) is 6.18 Å². The van der Waals surface area contributed by atoms with Gasteiger partial charge < -0.3 is 16.2 Å². The monoisotopic (exact) mass is 248 g/mol. The molecular formula is C11H15F3N2O. The molecule has 0 saturated heterocycles. The molecule has 0 radical (unpaired) electrons. The third-order valence-corrected chi connectivity index (χ3v) is 2.09. The van der Waals surface area contributed by atoms with Crippen LogP contribution < -0.4 is 11.1 Å². The maximum atomic E-state index is 12.4. The van der Waals surface area contributed by atoms with Crippen LogP contribution in [0.25, 0.3) is 0 Å². The predicted molar refractivity (Wildman–Crippen MR) is 60.6 cm³/mol. The second-order valence-corrected chi connectivity index (χ2v) is 4.47. The number of rotatable bonds is 3. The predicted octanol–water partition coefficient (Wildman–Crippen LogP) is 2.47. The Morgan fingerprint density at radius 1 is 1.29 bits per heavy atom. The van der Waals surface area contributed by atoms with Crippen molar-refractivity contribution >= 4 is 11.4 Å². The van der Waals surface area contributed by atoms with Crippen molar-refractivity contribution in [3.05, 3.63) is 23.8 Å². The summed E-state index contributed by atoms with van der Waals surface area (Å²) in [7, 11) is 0. The third-order valence-electron chi connectivity index (χ3n) is 2.09. The van der Waals surface area contributed by atoms with Gasteiger partial charge in [0, 0.05) is 6.54 Å². The Balaban J connectivity index is 2.84. The molecule has 1 aromatic rings. The summed E-state index contributed by atoms with van der Waals surface area (Å²) in [6, 6.07) is 3.07. The molecule has 1 rings (SSSR count). The molecule has 0 aliphatic carbocycles. The van der Waals surface area contributed by atoms with Crippen LogP contribution in [0.15, 0.2) is 18.2 Å². The van der Waals surface area contributed by atoms with E-state index in [4.69, 9.17) is 5.73 Å². The minimum absolute atomic E-state index is 0.00377. The lowest BCUT2D eigenvalue weighted by atomic mass is 10.1. The van der Waals surface area contributed by atoms with Gasteiger partial charge in [0.05, 0.1) is 22.5 Å². The topological polar surface area (TPSA) is 58.3 Å². The van der Waals surface area contributed by atoms with E-state index in [1.54, 1.807) is 13.8 Å². The largest absolute Gasteiger partial charge is 0.416 e. The van der Waals surface area contributed by atoms with Crippen LogP contribution in [0.2, 0.25) is 0 Å². The molecule has 0 saturated carbocycles. The molecule has 0 heterocycles. The summed E-state index contributed by atoms with van der Waals surface area (Å²) < 4.78 is 37.1. The third kappa shape index (κ3) is 4.14. The Bertz CT molecular complexity index is 397. The molecule has 0 spiro atoms. The van der Waals surface area contributed by atoms with Gasteiger partial charge in [0.25, 0.3) is 0 Å². The lowest BCUT2D eigenvalue weighted by molar-refractivity contribution is -0.137. The van der Waals surface area contributed by atoms with E-state index in [0.29, 0.717) is 5.69 Å². The van der Waals surface area contributed by atoms with Crippen molar-refractivity contribution in [2.45, 2.75) is 25.6 Å². The van der Waals surface area contributed by atoms with Crippen molar-refractivity contribution in [3.8, 4) is 0 Å². The van der Waals surface area contributed by atoms with Crippen LogP contribution in [0.4, 0.5) is 24.5 Å². The Hall–Kier alpha value is -1.43. The maximum Gasteiger partial charge on any atom is 0.416 e. The van der Waals surface area contributed by atoms with Crippen molar-refractivity contribution in [1.82, 2.24) is 0 Å². The molecule has 0 atom stereocenters. The molecule has 1 aromatic carbocycles. The average molecular weight is 248 g/mol. The number of alkyl halides is 3. The van der Waals surface area contributed by atoms with Gasteiger partial charge in [-0.15, -0.1) is 0 Å². The first-order valence-corrected chi connectivity index (χ1v) is 5.02. The molecule has 96 valence electrons. The van der Waals surface area contributed by atoms with Crippen molar-refractivity contribution in [1.29, 1.82) is 0 Å². The van der Waals surface area contributed by atoms with Gasteiger partial charge in [-0.25, -0.2) is 0 Å². The molecule has 0 aliphatic rings. The molecule has 6 heteroatoms. The Morgan fingerprint density at radius 2 is 1.88 bits per heavy atom. The minimum Gasteiger partial charge on any atom is -0.397 e. The fourth-order valence-electron chi connectivity index (χ4n) is 1.21. The van der Waals surface area contributed by atoms with Gasteiger partial charge in [0.15, 0.2) is 0 Å². The van der Waals surface area contributed by atoms with Crippen molar-refractivity contribution in [2.24, 2.45) is 0 Å². The van der Waals surface area contributed by atoms with Gasteiger partial charge in [-0.05, 0) is 32.0 Å². The minimum atomic E-state index is -4.40. The average Bonchev–Trinajstić information content (AvgIpc) is 2.12. The van der Waals surface area contributed by atoms with E-state index in [2.05, 4.69) is 5.32 Å². The summed E-state index contributed by atoms with van der Waals surface area (Å²) in [6.07, 6.45) is -4.40. The first-order chi connectivity index (χ1) is 7.59. The summed E-state index contributed by atoms with van der Waals surface area (Å²) in [5.74, 6) is 0. The molecule has 4 N–H and O–H groups in total. The normalized spacial score (nSPS) is 12.6. The van der Waals surface area contributed by atoms with Crippen LogP contribution in [0.5, 0.6) is 0 Å². The zero-order chi connectivity index (χ0) is 13.3. The summed E-state index contributed by atoms with van der Waals surface area (Å²) >= 11 is 0. The zero-order valence-electron chi connectivity index (χ0n) is 9.60. The van der Waals surface area contributed by atoms with E-state index in [9.17, 15) is 18.3 Å². The maximum absolute atomic E-state index is 12.4. The smallest absolute Gasteiger partial charge is 0.397 e. The van der Waals surface area contributed by atoms with E-state index in [-0.39, 0.29) is 12.2 Å². The number of hydrogen-bond acceptors (Lipinski definition) is 3. The fraction of sp³-hybridized carbons (Fsp3) is 0.455. The van der Waals surface area contributed by atoms with E-state index in [0.717, 1.165) is 12.1 Å². The van der Waals surface area contributed by atoms with E-state index < -0.39 is 17.3 Å². The Kier molecular flexibility index (Phi) is 3.56.